The minimum absolute atomic E-state index is 0.148. The minimum Gasteiger partial charge on any atom is -0.387 e. The molecule has 0 aromatic carbocycles. The van der Waals surface area contributed by atoms with E-state index >= 15 is 0 Å². The van der Waals surface area contributed by atoms with Gasteiger partial charge in [0.05, 0.1) is 17.8 Å². The van der Waals surface area contributed by atoms with Crippen LogP contribution in [0.25, 0.3) is 0 Å². The van der Waals surface area contributed by atoms with Crippen molar-refractivity contribution in [2.75, 3.05) is 6.61 Å². The standard InChI is InChI=1S/C7H16FO5P/c1-6(2,9)7(3,10)4-5-13-14(8,11)12/h9-10H,4-5H2,1-3H3,(H,11,12). The molecule has 5 nitrogen and oxygen atoms in total. The van der Waals surface area contributed by atoms with Gasteiger partial charge in [-0.25, -0.2) is 4.57 Å². The van der Waals surface area contributed by atoms with Gasteiger partial charge in [0, 0.05) is 6.42 Å². The summed E-state index contributed by atoms with van der Waals surface area (Å²) in [5, 5.41) is 19.1. The van der Waals surface area contributed by atoms with Crippen LogP contribution in [0.1, 0.15) is 27.2 Å². The van der Waals surface area contributed by atoms with Gasteiger partial charge in [-0.2, -0.15) is 0 Å². The second-order valence-electron chi connectivity index (χ2n) is 3.87. The Morgan fingerprint density at radius 1 is 1.36 bits per heavy atom. The Labute approximate surface area is 82.2 Å². The van der Waals surface area contributed by atoms with E-state index in [1.165, 1.54) is 20.8 Å². The Morgan fingerprint density at radius 3 is 2.07 bits per heavy atom. The van der Waals surface area contributed by atoms with Gasteiger partial charge in [0.1, 0.15) is 0 Å². The zero-order valence-electron chi connectivity index (χ0n) is 8.40. The van der Waals surface area contributed by atoms with Crippen molar-refractivity contribution >= 4 is 7.91 Å². The van der Waals surface area contributed by atoms with Crippen molar-refractivity contribution in [3.63, 3.8) is 0 Å². The normalized spacial score (nSPS) is 21.4. The van der Waals surface area contributed by atoms with E-state index < -0.39 is 25.7 Å². The molecule has 2 unspecified atom stereocenters. The lowest BCUT2D eigenvalue weighted by atomic mass is 9.85. The lowest BCUT2D eigenvalue weighted by Crippen LogP contribution is -2.48. The molecule has 0 fully saturated rings. The summed E-state index contributed by atoms with van der Waals surface area (Å²) in [4.78, 5) is 8.14. The quantitative estimate of drug-likeness (QED) is 0.613. The molecule has 0 rings (SSSR count). The molecule has 0 aliphatic heterocycles. The van der Waals surface area contributed by atoms with Crippen LogP contribution in [0.15, 0.2) is 0 Å². The lowest BCUT2D eigenvalue weighted by Gasteiger charge is -2.35. The summed E-state index contributed by atoms with van der Waals surface area (Å²) in [7, 11) is -5.00. The van der Waals surface area contributed by atoms with E-state index in [1.54, 1.807) is 0 Å². The number of hydrogen-bond donors (Lipinski definition) is 3. The molecule has 0 bridgehead atoms. The first-order valence-corrected chi connectivity index (χ1v) is 5.54. The van der Waals surface area contributed by atoms with Crippen LogP contribution in [0.4, 0.5) is 4.20 Å². The van der Waals surface area contributed by atoms with Crippen LogP contribution in [0, 0.1) is 0 Å². The maximum absolute atomic E-state index is 12.0. The fraction of sp³-hybridized carbons (Fsp3) is 1.00. The summed E-state index contributed by atoms with van der Waals surface area (Å²) < 4.78 is 26.0. The summed E-state index contributed by atoms with van der Waals surface area (Å²) in [6, 6.07) is 0. The van der Waals surface area contributed by atoms with Crippen LogP contribution in [-0.2, 0) is 9.09 Å². The van der Waals surface area contributed by atoms with Gasteiger partial charge in [-0.15, -0.1) is 4.20 Å². The van der Waals surface area contributed by atoms with E-state index in [2.05, 4.69) is 4.52 Å². The molecular weight excluding hydrogens is 214 g/mol. The molecule has 14 heavy (non-hydrogen) atoms. The molecular formula is C7H16FO5P. The Bertz CT molecular complexity index is 229. The highest BCUT2D eigenvalue weighted by molar-refractivity contribution is 7.46. The van der Waals surface area contributed by atoms with E-state index in [0.717, 1.165) is 0 Å². The predicted molar refractivity (Wildman–Crippen MR) is 48.4 cm³/mol. The van der Waals surface area contributed by atoms with Crippen molar-refractivity contribution in [1.29, 1.82) is 0 Å². The summed E-state index contributed by atoms with van der Waals surface area (Å²) in [6.45, 7) is 3.64. The van der Waals surface area contributed by atoms with Crippen LogP contribution >= 0.6 is 7.91 Å². The van der Waals surface area contributed by atoms with Crippen molar-refractivity contribution in [3.8, 4) is 0 Å². The Kier molecular flexibility index (Phi) is 4.24. The molecule has 0 radical (unpaired) electrons. The molecule has 0 spiro atoms. The molecule has 2 atom stereocenters. The first kappa shape index (κ1) is 14.0. The molecule has 0 saturated carbocycles. The molecule has 0 aliphatic carbocycles. The van der Waals surface area contributed by atoms with E-state index in [4.69, 9.17) is 4.89 Å². The zero-order valence-corrected chi connectivity index (χ0v) is 9.29. The van der Waals surface area contributed by atoms with Gasteiger partial charge in [0.2, 0.25) is 0 Å². The molecule has 0 saturated heterocycles. The molecule has 0 heterocycles. The number of rotatable bonds is 5. The topological polar surface area (TPSA) is 87.0 Å². The van der Waals surface area contributed by atoms with Gasteiger partial charge in [0.25, 0.3) is 0 Å². The number of aliphatic hydroxyl groups is 2. The fourth-order valence-electron chi connectivity index (χ4n) is 0.663. The summed E-state index contributed by atoms with van der Waals surface area (Å²) >= 11 is 0. The smallest absolute Gasteiger partial charge is 0.387 e. The van der Waals surface area contributed by atoms with Gasteiger partial charge in [-0.05, 0) is 20.8 Å². The number of halogens is 1. The predicted octanol–water partition coefficient (Wildman–Crippen LogP) is 0.985. The van der Waals surface area contributed by atoms with E-state index in [9.17, 15) is 19.0 Å². The highest BCUT2D eigenvalue weighted by atomic mass is 31.2. The highest BCUT2D eigenvalue weighted by Gasteiger charge is 2.37. The molecule has 0 aromatic heterocycles. The average Bonchev–Trinajstić information content (AvgIpc) is 1.80. The number of hydrogen-bond acceptors (Lipinski definition) is 4. The second kappa shape index (κ2) is 4.24. The van der Waals surface area contributed by atoms with Crippen LogP contribution in [-0.4, -0.2) is 32.9 Å². The highest BCUT2D eigenvalue weighted by Crippen LogP contribution is 2.43. The van der Waals surface area contributed by atoms with Crippen LogP contribution in [0.2, 0.25) is 0 Å². The van der Waals surface area contributed by atoms with E-state index in [0.29, 0.717) is 0 Å². The minimum atomic E-state index is -5.00. The van der Waals surface area contributed by atoms with Crippen molar-refractivity contribution in [2.45, 2.75) is 38.4 Å². The maximum Gasteiger partial charge on any atom is 0.510 e. The van der Waals surface area contributed by atoms with Crippen LogP contribution in [0.5, 0.6) is 0 Å². The molecule has 86 valence electrons. The Morgan fingerprint density at radius 2 is 1.79 bits per heavy atom. The molecule has 0 aliphatic rings. The second-order valence-corrected chi connectivity index (χ2v) is 5.03. The fourth-order valence-corrected chi connectivity index (χ4v) is 0.979. The van der Waals surface area contributed by atoms with Crippen molar-refractivity contribution < 1.29 is 28.4 Å². The van der Waals surface area contributed by atoms with Gasteiger partial charge < -0.3 is 10.2 Å². The van der Waals surface area contributed by atoms with E-state index in [-0.39, 0.29) is 6.42 Å². The molecule has 7 heteroatoms. The third-order valence-electron chi connectivity index (χ3n) is 2.16. The van der Waals surface area contributed by atoms with Crippen molar-refractivity contribution in [1.82, 2.24) is 0 Å². The van der Waals surface area contributed by atoms with Crippen LogP contribution in [0.3, 0.4) is 0 Å². The zero-order chi connectivity index (χ0) is 11.6. The van der Waals surface area contributed by atoms with Crippen molar-refractivity contribution in [2.24, 2.45) is 0 Å². The van der Waals surface area contributed by atoms with E-state index in [1.807, 2.05) is 0 Å². The first-order chi connectivity index (χ1) is 5.96. The van der Waals surface area contributed by atoms with Crippen LogP contribution < -0.4 is 0 Å². The summed E-state index contributed by atoms with van der Waals surface area (Å²) in [6.07, 6.45) is -0.148. The molecule has 3 N–H and O–H groups in total. The summed E-state index contributed by atoms with van der Waals surface area (Å²) in [5.74, 6) is 0. The molecule has 0 aromatic rings. The van der Waals surface area contributed by atoms with Crippen molar-refractivity contribution in [3.05, 3.63) is 0 Å². The van der Waals surface area contributed by atoms with Gasteiger partial charge in [0.15, 0.2) is 0 Å². The largest absolute Gasteiger partial charge is 0.510 e. The monoisotopic (exact) mass is 230 g/mol. The maximum atomic E-state index is 12.0. The average molecular weight is 230 g/mol. The van der Waals surface area contributed by atoms with Gasteiger partial charge in [-0.1, -0.05) is 0 Å². The first-order valence-electron chi connectivity index (χ1n) is 4.07. The molecule has 0 amide bonds. The van der Waals surface area contributed by atoms with Gasteiger partial charge in [-0.3, -0.25) is 9.42 Å². The third kappa shape index (κ3) is 5.02. The Hall–Kier alpha value is -0.0000000000000000278. The van der Waals surface area contributed by atoms with Gasteiger partial charge >= 0.3 is 7.91 Å². The SMILES string of the molecule is CC(C)(O)C(C)(O)CCOP(=O)(O)F. The Balaban J connectivity index is 4.08. The lowest BCUT2D eigenvalue weighted by molar-refractivity contribution is -0.128. The summed E-state index contributed by atoms with van der Waals surface area (Å²) in [5.41, 5.74) is -2.91. The third-order valence-corrected chi connectivity index (χ3v) is 2.66.